The van der Waals surface area contributed by atoms with Gasteiger partial charge in [-0.05, 0) is 33.1 Å². The molecule has 0 heterocycles. The highest BCUT2D eigenvalue weighted by Gasteiger charge is 2.33. The zero-order valence-corrected chi connectivity index (χ0v) is 9.75. The zero-order chi connectivity index (χ0) is 10.8. The van der Waals surface area contributed by atoms with Crippen LogP contribution in [0.3, 0.4) is 0 Å². The predicted octanol–water partition coefficient (Wildman–Crippen LogP) is 1.87. The molecule has 1 atom stereocenters. The molecule has 0 aromatic carbocycles. The Hall–Kier alpha value is -0.570. The molecule has 0 bridgehead atoms. The van der Waals surface area contributed by atoms with Crippen molar-refractivity contribution in [2.24, 2.45) is 11.0 Å². The summed E-state index contributed by atoms with van der Waals surface area (Å²) in [5.41, 5.74) is 0.531. The highest BCUT2D eigenvalue weighted by Crippen LogP contribution is 2.30. The Morgan fingerprint density at radius 2 is 2.00 bits per heavy atom. The van der Waals surface area contributed by atoms with Crippen LogP contribution in [0.15, 0.2) is 5.10 Å². The molecule has 1 aliphatic rings. The Bertz CT molecular complexity index is 216. The van der Waals surface area contributed by atoms with E-state index in [-0.39, 0.29) is 5.92 Å². The first-order valence-electron chi connectivity index (χ1n) is 5.38. The van der Waals surface area contributed by atoms with Crippen molar-refractivity contribution in [3.8, 4) is 0 Å². The van der Waals surface area contributed by atoms with E-state index in [1.165, 1.54) is 12.8 Å². The minimum Gasteiger partial charge on any atom is -0.390 e. The van der Waals surface area contributed by atoms with Gasteiger partial charge in [0.15, 0.2) is 0 Å². The summed E-state index contributed by atoms with van der Waals surface area (Å²) in [4.78, 5) is 0. The summed E-state index contributed by atoms with van der Waals surface area (Å²) in [5, 5.41) is 16.3. The topological polar surface area (TPSA) is 35.8 Å². The maximum absolute atomic E-state index is 10.0. The van der Waals surface area contributed by atoms with Gasteiger partial charge in [-0.25, -0.2) is 0 Å². The van der Waals surface area contributed by atoms with Gasteiger partial charge in [-0.2, -0.15) is 5.10 Å². The van der Waals surface area contributed by atoms with Gasteiger partial charge in [0.05, 0.1) is 5.60 Å². The summed E-state index contributed by atoms with van der Waals surface area (Å²) in [6.07, 6.45) is 4.52. The molecule has 1 rings (SSSR count). The van der Waals surface area contributed by atoms with Gasteiger partial charge in [0.2, 0.25) is 0 Å². The SMILES string of the molecule is CN(C)/N=C1/CCCC[C@@H]1C(C)(C)O. The lowest BCUT2D eigenvalue weighted by molar-refractivity contribution is 0.0366. The molecule has 0 spiro atoms. The lowest BCUT2D eigenvalue weighted by Crippen LogP contribution is -2.39. The number of aliphatic hydroxyl groups is 1. The first kappa shape index (κ1) is 11.5. The normalized spacial score (nSPS) is 26.6. The maximum atomic E-state index is 10.0. The van der Waals surface area contributed by atoms with E-state index in [4.69, 9.17) is 0 Å². The Morgan fingerprint density at radius 3 is 2.50 bits per heavy atom. The van der Waals surface area contributed by atoms with Crippen LogP contribution in [0.5, 0.6) is 0 Å². The van der Waals surface area contributed by atoms with Crippen LogP contribution < -0.4 is 0 Å². The van der Waals surface area contributed by atoms with Gasteiger partial charge in [-0.3, -0.25) is 0 Å². The fourth-order valence-corrected chi connectivity index (χ4v) is 2.13. The molecular weight excluding hydrogens is 176 g/mol. The minimum absolute atomic E-state index is 0.235. The van der Waals surface area contributed by atoms with E-state index >= 15 is 0 Å². The van der Waals surface area contributed by atoms with Crippen molar-refractivity contribution in [1.29, 1.82) is 0 Å². The van der Waals surface area contributed by atoms with E-state index in [0.29, 0.717) is 0 Å². The lowest BCUT2D eigenvalue weighted by Gasteiger charge is -2.34. The van der Waals surface area contributed by atoms with E-state index in [2.05, 4.69) is 5.10 Å². The van der Waals surface area contributed by atoms with Crippen LogP contribution in [0.25, 0.3) is 0 Å². The Balaban J connectivity index is 2.79. The van der Waals surface area contributed by atoms with Gasteiger partial charge in [0.25, 0.3) is 0 Å². The summed E-state index contributed by atoms with van der Waals surface area (Å²) < 4.78 is 0. The van der Waals surface area contributed by atoms with Gasteiger partial charge in [0.1, 0.15) is 0 Å². The van der Waals surface area contributed by atoms with Crippen molar-refractivity contribution in [1.82, 2.24) is 5.01 Å². The second kappa shape index (κ2) is 4.30. The molecule has 3 nitrogen and oxygen atoms in total. The van der Waals surface area contributed by atoms with E-state index < -0.39 is 5.60 Å². The van der Waals surface area contributed by atoms with E-state index in [0.717, 1.165) is 18.6 Å². The molecule has 0 aromatic heterocycles. The van der Waals surface area contributed by atoms with Gasteiger partial charge in [-0.1, -0.05) is 6.42 Å². The van der Waals surface area contributed by atoms with Crippen LogP contribution in [0.1, 0.15) is 39.5 Å². The van der Waals surface area contributed by atoms with Gasteiger partial charge in [-0.15, -0.1) is 0 Å². The van der Waals surface area contributed by atoms with E-state index in [9.17, 15) is 5.11 Å². The number of hydrazone groups is 1. The first-order chi connectivity index (χ1) is 6.41. The van der Waals surface area contributed by atoms with Crippen molar-refractivity contribution in [2.45, 2.75) is 45.1 Å². The molecule has 0 aromatic rings. The van der Waals surface area contributed by atoms with Gasteiger partial charge < -0.3 is 10.1 Å². The molecular formula is C11H22N2O. The van der Waals surface area contributed by atoms with E-state index in [1.54, 1.807) is 0 Å². The molecule has 82 valence electrons. The molecule has 1 fully saturated rings. The van der Waals surface area contributed by atoms with Crippen LogP contribution in [-0.2, 0) is 0 Å². The molecule has 1 saturated carbocycles. The molecule has 0 radical (unpaired) electrons. The smallest absolute Gasteiger partial charge is 0.0672 e. The van der Waals surface area contributed by atoms with Crippen molar-refractivity contribution in [3.05, 3.63) is 0 Å². The third kappa shape index (κ3) is 2.98. The molecule has 1 N–H and O–H groups in total. The minimum atomic E-state index is -0.630. The highest BCUT2D eigenvalue weighted by molar-refractivity contribution is 5.88. The van der Waals surface area contributed by atoms with Crippen molar-refractivity contribution in [2.75, 3.05) is 14.1 Å². The molecule has 0 amide bonds. The first-order valence-corrected chi connectivity index (χ1v) is 5.38. The van der Waals surface area contributed by atoms with Crippen LogP contribution in [0.4, 0.5) is 0 Å². The summed E-state index contributed by atoms with van der Waals surface area (Å²) >= 11 is 0. The Morgan fingerprint density at radius 1 is 1.36 bits per heavy atom. The van der Waals surface area contributed by atoms with Gasteiger partial charge in [0, 0.05) is 25.7 Å². The number of nitrogens with zero attached hydrogens (tertiary/aromatic N) is 2. The van der Waals surface area contributed by atoms with Crippen molar-refractivity contribution >= 4 is 5.71 Å². The van der Waals surface area contributed by atoms with Crippen molar-refractivity contribution in [3.63, 3.8) is 0 Å². The maximum Gasteiger partial charge on any atom is 0.0672 e. The second-order valence-corrected chi connectivity index (χ2v) is 4.89. The fourth-order valence-electron chi connectivity index (χ4n) is 2.13. The molecule has 0 aliphatic heterocycles. The van der Waals surface area contributed by atoms with E-state index in [1.807, 2.05) is 33.0 Å². The molecule has 1 aliphatic carbocycles. The second-order valence-electron chi connectivity index (χ2n) is 4.89. The molecule has 14 heavy (non-hydrogen) atoms. The Kier molecular flexibility index (Phi) is 3.53. The third-order valence-electron chi connectivity index (χ3n) is 2.76. The zero-order valence-electron chi connectivity index (χ0n) is 9.75. The molecule has 3 heteroatoms. The lowest BCUT2D eigenvalue weighted by atomic mass is 9.77. The Labute approximate surface area is 86.8 Å². The van der Waals surface area contributed by atoms with Crippen LogP contribution in [-0.4, -0.2) is 35.5 Å². The average molecular weight is 198 g/mol. The summed E-state index contributed by atoms with van der Waals surface area (Å²) in [6.45, 7) is 3.77. The standard InChI is InChI=1S/C11H22N2O/c1-11(2,14)9-7-5-6-8-10(9)12-13(3)4/h9,14H,5-8H2,1-4H3/b12-10-/t9-/m0/s1. The summed E-state index contributed by atoms with van der Waals surface area (Å²) in [6, 6.07) is 0. The highest BCUT2D eigenvalue weighted by atomic mass is 16.3. The molecule has 0 unspecified atom stereocenters. The quantitative estimate of drug-likeness (QED) is 0.687. The third-order valence-corrected chi connectivity index (χ3v) is 2.76. The van der Waals surface area contributed by atoms with Crippen LogP contribution >= 0.6 is 0 Å². The van der Waals surface area contributed by atoms with Crippen LogP contribution in [0.2, 0.25) is 0 Å². The van der Waals surface area contributed by atoms with Crippen molar-refractivity contribution < 1.29 is 5.11 Å². The molecule has 0 saturated heterocycles. The summed E-state index contributed by atoms with van der Waals surface area (Å²) in [5.74, 6) is 0.235. The number of rotatable bonds is 2. The average Bonchev–Trinajstić information content (AvgIpc) is 2.01. The number of hydrogen-bond donors (Lipinski definition) is 1. The number of hydrogen-bond acceptors (Lipinski definition) is 3. The van der Waals surface area contributed by atoms with Gasteiger partial charge >= 0.3 is 0 Å². The van der Waals surface area contributed by atoms with Crippen LogP contribution in [0, 0.1) is 5.92 Å². The summed E-state index contributed by atoms with van der Waals surface area (Å²) in [7, 11) is 3.87. The fraction of sp³-hybridized carbons (Fsp3) is 0.909. The largest absolute Gasteiger partial charge is 0.390 e. The monoisotopic (exact) mass is 198 g/mol. The predicted molar refractivity (Wildman–Crippen MR) is 59.4 cm³/mol.